The standard InChI is InChI=1S/C21H25BN2O5/c1-14-10-24(11-15(2)29-14)12-17-5-3-4-6-20(17)23-21(26)16-7-8-19(22(27)28)18(9-16)13-25/h3-9,13-15,27-28H,10-12H2,1-2H3,(H,23,26). The fourth-order valence-corrected chi connectivity index (χ4v) is 3.68. The smallest absolute Gasteiger partial charge is 0.423 e. The SMILES string of the molecule is CC1CN(Cc2ccccc2NC(=O)c2ccc(B(O)O)c(C=O)c2)CC(C)O1. The number of amides is 1. The third-order valence-corrected chi connectivity index (χ3v) is 4.91. The minimum Gasteiger partial charge on any atom is -0.423 e. The Morgan fingerprint density at radius 2 is 1.90 bits per heavy atom. The predicted octanol–water partition coefficient (Wildman–Crippen LogP) is 1.04. The van der Waals surface area contributed by atoms with Crippen LogP contribution in [0.5, 0.6) is 0 Å². The molecular weight excluding hydrogens is 371 g/mol. The lowest BCUT2D eigenvalue weighted by Gasteiger charge is -2.35. The average molecular weight is 396 g/mol. The maximum absolute atomic E-state index is 12.7. The maximum atomic E-state index is 12.7. The van der Waals surface area contributed by atoms with Crippen LogP contribution in [0.4, 0.5) is 5.69 Å². The van der Waals surface area contributed by atoms with E-state index < -0.39 is 7.12 Å². The number of rotatable bonds is 6. The van der Waals surface area contributed by atoms with Crippen molar-refractivity contribution in [3.8, 4) is 0 Å². The molecule has 1 amide bonds. The van der Waals surface area contributed by atoms with E-state index in [1.807, 2.05) is 38.1 Å². The predicted molar refractivity (Wildman–Crippen MR) is 111 cm³/mol. The Morgan fingerprint density at radius 3 is 2.55 bits per heavy atom. The molecule has 2 atom stereocenters. The molecule has 1 aliphatic heterocycles. The number of hydrogen-bond acceptors (Lipinski definition) is 6. The Kier molecular flexibility index (Phi) is 6.81. The number of benzene rings is 2. The first kappa shape index (κ1) is 21.2. The van der Waals surface area contributed by atoms with Gasteiger partial charge in [0.05, 0.1) is 12.2 Å². The Labute approximate surface area is 170 Å². The zero-order chi connectivity index (χ0) is 21.0. The molecule has 1 saturated heterocycles. The third kappa shape index (κ3) is 5.30. The second-order valence-corrected chi connectivity index (χ2v) is 7.40. The van der Waals surface area contributed by atoms with Gasteiger partial charge in [0.15, 0.2) is 0 Å². The number of carbonyl (C=O) groups excluding carboxylic acids is 2. The number of ether oxygens (including phenoxy) is 1. The molecule has 2 unspecified atom stereocenters. The monoisotopic (exact) mass is 396 g/mol. The van der Waals surface area contributed by atoms with Crippen LogP contribution in [0.2, 0.25) is 0 Å². The molecule has 1 aliphatic rings. The van der Waals surface area contributed by atoms with E-state index in [-0.39, 0.29) is 34.7 Å². The van der Waals surface area contributed by atoms with Crippen molar-refractivity contribution in [1.29, 1.82) is 0 Å². The quantitative estimate of drug-likeness (QED) is 0.499. The highest BCUT2D eigenvalue weighted by molar-refractivity contribution is 6.60. The molecule has 152 valence electrons. The van der Waals surface area contributed by atoms with Crippen molar-refractivity contribution in [2.24, 2.45) is 0 Å². The van der Waals surface area contributed by atoms with Gasteiger partial charge in [0.1, 0.15) is 6.29 Å². The summed E-state index contributed by atoms with van der Waals surface area (Å²) >= 11 is 0. The largest absolute Gasteiger partial charge is 0.489 e. The molecule has 2 aromatic rings. The van der Waals surface area contributed by atoms with Crippen LogP contribution in [-0.4, -0.2) is 59.6 Å². The number of hydrogen-bond donors (Lipinski definition) is 3. The Hall–Kier alpha value is -2.52. The molecular formula is C21H25BN2O5. The van der Waals surface area contributed by atoms with Crippen molar-refractivity contribution in [2.75, 3.05) is 18.4 Å². The number of anilines is 1. The van der Waals surface area contributed by atoms with Crippen molar-refractivity contribution in [2.45, 2.75) is 32.6 Å². The van der Waals surface area contributed by atoms with Crippen molar-refractivity contribution >= 4 is 30.5 Å². The van der Waals surface area contributed by atoms with Crippen LogP contribution in [-0.2, 0) is 11.3 Å². The highest BCUT2D eigenvalue weighted by atomic mass is 16.5. The highest BCUT2D eigenvalue weighted by Crippen LogP contribution is 2.21. The van der Waals surface area contributed by atoms with E-state index in [4.69, 9.17) is 4.74 Å². The van der Waals surface area contributed by atoms with Gasteiger partial charge in [-0.05, 0) is 43.1 Å². The van der Waals surface area contributed by atoms with Crippen LogP contribution >= 0.6 is 0 Å². The van der Waals surface area contributed by atoms with Crippen LogP contribution in [0.25, 0.3) is 0 Å². The molecule has 3 rings (SSSR count). The lowest BCUT2D eigenvalue weighted by molar-refractivity contribution is -0.0704. The molecule has 0 radical (unpaired) electrons. The molecule has 3 N–H and O–H groups in total. The molecule has 0 bridgehead atoms. The number of aldehydes is 1. The summed E-state index contributed by atoms with van der Waals surface area (Å²) in [6.07, 6.45) is 0.811. The van der Waals surface area contributed by atoms with E-state index in [1.165, 1.54) is 18.2 Å². The zero-order valence-corrected chi connectivity index (χ0v) is 16.5. The van der Waals surface area contributed by atoms with Gasteiger partial charge >= 0.3 is 7.12 Å². The maximum Gasteiger partial charge on any atom is 0.489 e. The van der Waals surface area contributed by atoms with Crippen LogP contribution in [0.15, 0.2) is 42.5 Å². The van der Waals surface area contributed by atoms with E-state index in [1.54, 1.807) is 0 Å². The minimum absolute atomic E-state index is 0.0625. The van der Waals surface area contributed by atoms with Crippen LogP contribution in [0.3, 0.4) is 0 Å². The molecule has 0 saturated carbocycles. The highest BCUT2D eigenvalue weighted by Gasteiger charge is 2.23. The van der Waals surface area contributed by atoms with Crippen molar-refractivity contribution in [1.82, 2.24) is 4.90 Å². The van der Waals surface area contributed by atoms with Crippen molar-refractivity contribution < 1.29 is 24.4 Å². The fourth-order valence-electron chi connectivity index (χ4n) is 3.68. The Morgan fingerprint density at radius 1 is 1.21 bits per heavy atom. The zero-order valence-electron chi connectivity index (χ0n) is 16.5. The van der Waals surface area contributed by atoms with Crippen molar-refractivity contribution in [3.63, 3.8) is 0 Å². The van der Waals surface area contributed by atoms with Crippen LogP contribution in [0, 0.1) is 0 Å². The van der Waals surface area contributed by atoms with E-state index in [9.17, 15) is 19.6 Å². The van der Waals surface area contributed by atoms with Gasteiger partial charge in [0.2, 0.25) is 0 Å². The van der Waals surface area contributed by atoms with E-state index in [2.05, 4.69) is 10.2 Å². The summed E-state index contributed by atoms with van der Waals surface area (Å²) in [7, 11) is -1.77. The summed E-state index contributed by atoms with van der Waals surface area (Å²) < 4.78 is 5.78. The fraction of sp³-hybridized carbons (Fsp3) is 0.333. The lowest BCUT2D eigenvalue weighted by atomic mass is 9.77. The normalized spacial score (nSPS) is 19.6. The van der Waals surface area contributed by atoms with Gasteiger partial charge < -0.3 is 20.1 Å². The second kappa shape index (κ2) is 9.32. The summed E-state index contributed by atoms with van der Waals surface area (Å²) in [6, 6.07) is 11.8. The summed E-state index contributed by atoms with van der Waals surface area (Å²) in [6.45, 7) is 6.42. The van der Waals surface area contributed by atoms with Gasteiger partial charge in [-0.3, -0.25) is 14.5 Å². The van der Waals surface area contributed by atoms with E-state index in [0.29, 0.717) is 18.5 Å². The number of nitrogens with zero attached hydrogens (tertiary/aromatic N) is 1. The molecule has 2 aromatic carbocycles. The number of para-hydroxylation sites is 1. The van der Waals surface area contributed by atoms with Gasteiger partial charge in [-0.15, -0.1) is 0 Å². The molecule has 8 heteroatoms. The molecule has 0 aromatic heterocycles. The van der Waals surface area contributed by atoms with Gasteiger partial charge in [-0.1, -0.05) is 24.3 Å². The Balaban J connectivity index is 1.77. The lowest BCUT2D eigenvalue weighted by Crippen LogP contribution is -2.44. The number of nitrogens with one attached hydrogen (secondary N) is 1. The molecule has 1 heterocycles. The van der Waals surface area contributed by atoms with E-state index in [0.717, 1.165) is 18.7 Å². The van der Waals surface area contributed by atoms with Gasteiger partial charge in [0.25, 0.3) is 5.91 Å². The summed E-state index contributed by atoms with van der Waals surface area (Å²) in [5, 5.41) is 21.5. The second-order valence-electron chi connectivity index (χ2n) is 7.40. The first-order chi connectivity index (χ1) is 13.9. The summed E-state index contributed by atoms with van der Waals surface area (Å²) in [5.74, 6) is -0.372. The summed E-state index contributed by atoms with van der Waals surface area (Å²) in [4.78, 5) is 26.2. The molecule has 29 heavy (non-hydrogen) atoms. The van der Waals surface area contributed by atoms with Crippen LogP contribution < -0.4 is 10.8 Å². The molecule has 0 spiro atoms. The molecule has 7 nitrogen and oxygen atoms in total. The number of carbonyl (C=O) groups is 2. The third-order valence-electron chi connectivity index (χ3n) is 4.91. The van der Waals surface area contributed by atoms with Crippen LogP contribution in [0.1, 0.15) is 40.1 Å². The average Bonchev–Trinajstić information content (AvgIpc) is 2.68. The number of morpholine rings is 1. The minimum atomic E-state index is -1.77. The molecule has 0 aliphatic carbocycles. The van der Waals surface area contributed by atoms with Crippen molar-refractivity contribution in [3.05, 3.63) is 59.2 Å². The van der Waals surface area contributed by atoms with Gasteiger partial charge in [-0.2, -0.15) is 0 Å². The first-order valence-electron chi connectivity index (χ1n) is 9.59. The topological polar surface area (TPSA) is 99.1 Å². The van der Waals surface area contributed by atoms with Gasteiger partial charge in [-0.25, -0.2) is 0 Å². The van der Waals surface area contributed by atoms with Gasteiger partial charge in [0, 0.05) is 36.4 Å². The first-order valence-corrected chi connectivity index (χ1v) is 9.59. The molecule has 1 fully saturated rings. The Bertz CT molecular complexity index is 879. The van der Waals surface area contributed by atoms with E-state index >= 15 is 0 Å². The summed E-state index contributed by atoms with van der Waals surface area (Å²) in [5.41, 5.74) is 2.08.